The molecule has 0 aliphatic rings. The predicted molar refractivity (Wildman–Crippen MR) is 109 cm³/mol. The number of rotatable bonds is 9. The maximum atomic E-state index is 11.9. The molecule has 0 saturated carbocycles. The van der Waals surface area contributed by atoms with Crippen molar-refractivity contribution in [1.29, 1.82) is 0 Å². The van der Waals surface area contributed by atoms with Crippen LogP contribution in [0.3, 0.4) is 0 Å². The van der Waals surface area contributed by atoms with Gasteiger partial charge in [0.1, 0.15) is 11.6 Å². The summed E-state index contributed by atoms with van der Waals surface area (Å²) < 4.78 is 7.04. The van der Waals surface area contributed by atoms with E-state index >= 15 is 0 Å². The summed E-state index contributed by atoms with van der Waals surface area (Å²) in [5, 5.41) is 9.20. The van der Waals surface area contributed by atoms with Crippen LogP contribution in [-0.2, 0) is 16.1 Å². The molecule has 0 atom stereocenters. The van der Waals surface area contributed by atoms with Crippen LogP contribution in [0.15, 0.2) is 34.9 Å². The zero-order valence-electron chi connectivity index (χ0n) is 15.9. The second kappa shape index (κ2) is 9.41. The molecule has 2 heterocycles. The molecule has 148 valence electrons. The summed E-state index contributed by atoms with van der Waals surface area (Å²) in [6.45, 7) is 5.11. The maximum absolute atomic E-state index is 11.9. The summed E-state index contributed by atoms with van der Waals surface area (Å²) in [7, 11) is 0. The maximum Gasteiger partial charge on any atom is 0.235 e. The Morgan fingerprint density at radius 2 is 1.96 bits per heavy atom. The first kappa shape index (κ1) is 19.9. The topological polar surface area (TPSA) is 102 Å². The summed E-state index contributed by atoms with van der Waals surface area (Å²) in [5.74, 6) is 2.10. The van der Waals surface area contributed by atoms with Gasteiger partial charge in [0.2, 0.25) is 11.8 Å². The molecule has 2 N–H and O–H groups in total. The molecule has 0 spiro atoms. The fourth-order valence-corrected chi connectivity index (χ4v) is 3.48. The SMILES string of the molecule is Cc1cc(NC(=O)CSCC(=O)NCCCn2c(C)nc3ccccc32)no1. The molecule has 0 aliphatic heterocycles. The fourth-order valence-electron chi connectivity index (χ4n) is 2.83. The van der Waals surface area contributed by atoms with Gasteiger partial charge in [0.15, 0.2) is 5.82 Å². The van der Waals surface area contributed by atoms with E-state index in [0.29, 0.717) is 18.1 Å². The number of fused-ring (bicyclic) bond motifs is 1. The van der Waals surface area contributed by atoms with Gasteiger partial charge in [-0.3, -0.25) is 9.59 Å². The van der Waals surface area contributed by atoms with E-state index in [9.17, 15) is 9.59 Å². The van der Waals surface area contributed by atoms with Gasteiger partial charge in [0.05, 0.1) is 22.5 Å². The summed E-state index contributed by atoms with van der Waals surface area (Å²) >= 11 is 1.26. The molecule has 28 heavy (non-hydrogen) atoms. The van der Waals surface area contributed by atoms with Gasteiger partial charge in [-0.1, -0.05) is 17.3 Å². The minimum Gasteiger partial charge on any atom is -0.360 e. The van der Waals surface area contributed by atoms with Gasteiger partial charge in [-0.2, -0.15) is 0 Å². The normalized spacial score (nSPS) is 10.9. The van der Waals surface area contributed by atoms with Gasteiger partial charge < -0.3 is 19.7 Å². The second-order valence-corrected chi connectivity index (χ2v) is 7.35. The lowest BCUT2D eigenvalue weighted by atomic mass is 10.3. The first-order valence-corrected chi connectivity index (χ1v) is 10.2. The van der Waals surface area contributed by atoms with Crippen molar-refractivity contribution in [2.45, 2.75) is 26.8 Å². The van der Waals surface area contributed by atoms with Gasteiger partial charge in [0.25, 0.3) is 0 Å². The average molecular weight is 401 g/mol. The standard InChI is InChI=1S/C19H23N5O3S/c1-13-10-17(23-27-13)22-19(26)12-28-11-18(25)20-8-5-9-24-14(2)21-15-6-3-4-7-16(15)24/h3-4,6-7,10H,5,8-9,11-12H2,1-2H3,(H,20,25)(H,22,23,26). The Bertz CT molecular complexity index is 966. The van der Waals surface area contributed by atoms with Gasteiger partial charge in [-0.25, -0.2) is 4.98 Å². The third kappa shape index (κ3) is 5.35. The Kier molecular flexibility index (Phi) is 6.70. The zero-order chi connectivity index (χ0) is 19.9. The first-order valence-electron chi connectivity index (χ1n) is 9.02. The number of imidazole rings is 1. The highest BCUT2D eigenvalue weighted by Crippen LogP contribution is 2.15. The zero-order valence-corrected chi connectivity index (χ0v) is 16.7. The minimum absolute atomic E-state index is 0.0812. The number of para-hydroxylation sites is 2. The van der Waals surface area contributed by atoms with E-state index < -0.39 is 0 Å². The van der Waals surface area contributed by atoms with E-state index in [1.54, 1.807) is 13.0 Å². The lowest BCUT2D eigenvalue weighted by Crippen LogP contribution is -2.27. The molecular formula is C19H23N5O3S. The monoisotopic (exact) mass is 401 g/mol. The number of thioether (sulfide) groups is 1. The van der Waals surface area contributed by atoms with E-state index in [-0.39, 0.29) is 23.3 Å². The lowest BCUT2D eigenvalue weighted by molar-refractivity contribution is -0.118. The number of nitrogens with one attached hydrogen (secondary N) is 2. The Labute approximate surface area is 167 Å². The molecule has 2 aromatic heterocycles. The molecule has 0 saturated heterocycles. The van der Waals surface area contributed by atoms with Crippen molar-refractivity contribution >= 4 is 40.4 Å². The number of aryl methyl sites for hydroxylation is 3. The molecule has 0 radical (unpaired) electrons. The number of amides is 2. The van der Waals surface area contributed by atoms with E-state index in [4.69, 9.17) is 4.52 Å². The number of carbonyl (C=O) groups is 2. The van der Waals surface area contributed by atoms with E-state index in [2.05, 4.69) is 31.4 Å². The number of carbonyl (C=O) groups excluding carboxylic acids is 2. The van der Waals surface area contributed by atoms with Crippen LogP contribution in [0.4, 0.5) is 5.82 Å². The average Bonchev–Trinajstić information content (AvgIpc) is 3.21. The van der Waals surface area contributed by atoms with Crippen molar-refractivity contribution in [2.75, 3.05) is 23.4 Å². The lowest BCUT2D eigenvalue weighted by Gasteiger charge is -2.08. The van der Waals surface area contributed by atoms with Gasteiger partial charge in [-0.15, -0.1) is 11.8 Å². The van der Waals surface area contributed by atoms with Crippen LogP contribution in [0, 0.1) is 13.8 Å². The highest BCUT2D eigenvalue weighted by Gasteiger charge is 2.09. The van der Waals surface area contributed by atoms with E-state index in [0.717, 1.165) is 29.8 Å². The Morgan fingerprint density at radius 1 is 1.18 bits per heavy atom. The summed E-state index contributed by atoms with van der Waals surface area (Å²) in [4.78, 5) is 28.2. The number of hydrogen-bond acceptors (Lipinski definition) is 6. The summed E-state index contributed by atoms with van der Waals surface area (Å²) in [5.41, 5.74) is 2.09. The van der Waals surface area contributed by atoms with Crippen molar-refractivity contribution in [3.63, 3.8) is 0 Å². The molecule has 0 unspecified atom stereocenters. The van der Waals surface area contributed by atoms with Crippen molar-refractivity contribution in [3.05, 3.63) is 41.9 Å². The summed E-state index contributed by atoms with van der Waals surface area (Å²) in [6.07, 6.45) is 0.809. The quantitative estimate of drug-likeness (QED) is 0.534. The van der Waals surface area contributed by atoms with Crippen LogP contribution in [0.1, 0.15) is 18.0 Å². The molecule has 9 heteroatoms. The smallest absolute Gasteiger partial charge is 0.235 e. The van der Waals surface area contributed by atoms with Gasteiger partial charge >= 0.3 is 0 Å². The minimum atomic E-state index is -0.214. The van der Waals surface area contributed by atoms with Gasteiger partial charge in [-0.05, 0) is 32.4 Å². The van der Waals surface area contributed by atoms with Crippen molar-refractivity contribution in [3.8, 4) is 0 Å². The molecule has 3 rings (SSSR count). The Balaban J connectivity index is 1.32. The van der Waals surface area contributed by atoms with Crippen molar-refractivity contribution < 1.29 is 14.1 Å². The fraction of sp³-hybridized carbons (Fsp3) is 0.368. The van der Waals surface area contributed by atoms with Crippen LogP contribution in [-0.4, -0.2) is 44.6 Å². The Hall–Kier alpha value is -2.81. The largest absolute Gasteiger partial charge is 0.360 e. The van der Waals surface area contributed by atoms with E-state index in [1.165, 1.54) is 11.8 Å². The van der Waals surface area contributed by atoms with Crippen LogP contribution in [0.25, 0.3) is 11.0 Å². The number of nitrogens with zero attached hydrogens (tertiary/aromatic N) is 3. The molecule has 0 fully saturated rings. The highest BCUT2D eigenvalue weighted by molar-refractivity contribution is 8.00. The van der Waals surface area contributed by atoms with Crippen molar-refractivity contribution in [2.24, 2.45) is 0 Å². The molecule has 0 bridgehead atoms. The second-order valence-electron chi connectivity index (χ2n) is 6.37. The van der Waals surface area contributed by atoms with E-state index in [1.807, 2.05) is 25.1 Å². The first-order chi connectivity index (χ1) is 13.5. The third-order valence-corrected chi connectivity index (χ3v) is 5.02. The molecule has 0 aliphatic carbocycles. The van der Waals surface area contributed by atoms with Crippen LogP contribution < -0.4 is 10.6 Å². The Morgan fingerprint density at radius 3 is 2.75 bits per heavy atom. The molecule has 2 amide bonds. The highest BCUT2D eigenvalue weighted by atomic mass is 32.2. The molecular weight excluding hydrogens is 378 g/mol. The van der Waals surface area contributed by atoms with Gasteiger partial charge in [0, 0.05) is 19.2 Å². The number of hydrogen-bond donors (Lipinski definition) is 2. The van der Waals surface area contributed by atoms with Crippen molar-refractivity contribution in [1.82, 2.24) is 20.0 Å². The molecule has 8 nitrogen and oxygen atoms in total. The number of anilines is 1. The predicted octanol–water partition coefficient (Wildman–Crippen LogP) is 2.52. The summed E-state index contributed by atoms with van der Waals surface area (Å²) in [6, 6.07) is 9.66. The number of aromatic nitrogens is 3. The van der Waals surface area contributed by atoms with Crippen LogP contribution >= 0.6 is 11.8 Å². The molecule has 1 aromatic carbocycles. The third-order valence-electron chi connectivity index (χ3n) is 4.09. The molecule has 3 aromatic rings. The number of benzene rings is 1. The van der Waals surface area contributed by atoms with Crippen LogP contribution in [0.5, 0.6) is 0 Å². The van der Waals surface area contributed by atoms with Crippen LogP contribution in [0.2, 0.25) is 0 Å².